The average Bonchev–Trinajstić information content (AvgIpc) is 2.94. The van der Waals surface area contributed by atoms with E-state index in [0.717, 1.165) is 12.0 Å². The van der Waals surface area contributed by atoms with Gasteiger partial charge in [0.15, 0.2) is 0 Å². The van der Waals surface area contributed by atoms with Crippen LogP contribution in [0.2, 0.25) is 10.0 Å². The summed E-state index contributed by atoms with van der Waals surface area (Å²) in [5.74, 6) is 0. The maximum Gasteiger partial charge on any atom is 0.244 e. The number of nitrogens with zero attached hydrogens (tertiary/aromatic N) is 1. The Morgan fingerprint density at radius 2 is 2.00 bits per heavy atom. The summed E-state index contributed by atoms with van der Waals surface area (Å²) in [6, 6.07) is 6.40. The summed E-state index contributed by atoms with van der Waals surface area (Å²) in [5, 5.41) is 4.41. The number of benzene rings is 1. The summed E-state index contributed by atoms with van der Waals surface area (Å²) in [6.07, 6.45) is 0.724. The third kappa shape index (κ3) is 3.99. The Morgan fingerprint density at radius 3 is 2.62 bits per heavy atom. The maximum atomic E-state index is 12.8. The third-order valence-electron chi connectivity index (χ3n) is 2.92. The number of halogens is 2. The highest BCUT2D eigenvalue weighted by Gasteiger charge is 2.26. The summed E-state index contributed by atoms with van der Waals surface area (Å²) >= 11 is 13.5. The van der Waals surface area contributed by atoms with Gasteiger partial charge in [-0.2, -0.15) is 15.6 Å². The molecule has 7 heteroatoms. The van der Waals surface area contributed by atoms with Gasteiger partial charge in [0.1, 0.15) is 4.90 Å². The van der Waals surface area contributed by atoms with E-state index in [1.54, 1.807) is 17.4 Å². The van der Waals surface area contributed by atoms with Gasteiger partial charge in [-0.3, -0.25) is 0 Å². The van der Waals surface area contributed by atoms with Crippen LogP contribution < -0.4 is 0 Å². The molecule has 1 aromatic heterocycles. The largest absolute Gasteiger partial charge is 0.244 e. The first-order valence-electron chi connectivity index (χ1n) is 6.41. The molecule has 1 aromatic carbocycles. The van der Waals surface area contributed by atoms with Crippen LogP contribution in [0.4, 0.5) is 0 Å². The Hall–Kier alpha value is -0.590. The van der Waals surface area contributed by atoms with Gasteiger partial charge >= 0.3 is 0 Å². The van der Waals surface area contributed by atoms with Crippen LogP contribution in [0.1, 0.15) is 18.9 Å². The fourth-order valence-corrected chi connectivity index (χ4v) is 4.85. The van der Waals surface area contributed by atoms with E-state index < -0.39 is 10.0 Å². The van der Waals surface area contributed by atoms with Crippen molar-refractivity contribution in [3.8, 4) is 0 Å². The van der Waals surface area contributed by atoms with Crippen LogP contribution in [0.5, 0.6) is 0 Å². The molecule has 0 saturated heterocycles. The van der Waals surface area contributed by atoms with Crippen molar-refractivity contribution in [3.05, 3.63) is 50.6 Å². The Kier molecular flexibility index (Phi) is 5.68. The molecule has 0 fully saturated rings. The molecule has 0 saturated carbocycles. The molecule has 2 rings (SSSR count). The van der Waals surface area contributed by atoms with Crippen LogP contribution in [-0.2, 0) is 16.6 Å². The van der Waals surface area contributed by atoms with E-state index in [2.05, 4.69) is 0 Å². The molecule has 21 heavy (non-hydrogen) atoms. The molecule has 0 amide bonds. The van der Waals surface area contributed by atoms with Crippen LogP contribution in [0.3, 0.4) is 0 Å². The number of rotatable bonds is 6. The number of sulfonamides is 1. The highest BCUT2D eigenvalue weighted by molar-refractivity contribution is 7.89. The quantitative estimate of drug-likeness (QED) is 0.748. The number of thiophene rings is 1. The zero-order valence-corrected chi connectivity index (χ0v) is 14.6. The van der Waals surface area contributed by atoms with E-state index in [0.29, 0.717) is 18.1 Å². The Morgan fingerprint density at radius 1 is 1.24 bits per heavy atom. The van der Waals surface area contributed by atoms with Crippen LogP contribution in [0, 0.1) is 0 Å². The lowest BCUT2D eigenvalue weighted by atomic mass is 10.3. The van der Waals surface area contributed by atoms with Gasteiger partial charge in [0.05, 0.1) is 5.02 Å². The summed E-state index contributed by atoms with van der Waals surface area (Å²) in [4.78, 5) is 0.0559. The Labute approximate surface area is 139 Å². The summed E-state index contributed by atoms with van der Waals surface area (Å²) in [5.41, 5.74) is 0.968. The van der Waals surface area contributed by atoms with Crippen molar-refractivity contribution in [2.24, 2.45) is 0 Å². The fraction of sp³-hybridized carbons (Fsp3) is 0.286. The van der Waals surface area contributed by atoms with E-state index in [1.807, 2.05) is 23.8 Å². The predicted octanol–water partition coefficient (Wildman–Crippen LogP) is 4.66. The van der Waals surface area contributed by atoms with Crippen LogP contribution >= 0.6 is 34.5 Å². The summed E-state index contributed by atoms with van der Waals surface area (Å²) in [6.45, 7) is 2.71. The smallest absolute Gasteiger partial charge is 0.207 e. The second-order valence-corrected chi connectivity index (χ2v) is 8.07. The second-order valence-electron chi connectivity index (χ2n) is 4.54. The zero-order chi connectivity index (χ0) is 15.5. The maximum absolute atomic E-state index is 12.8. The molecule has 114 valence electrons. The zero-order valence-electron chi connectivity index (χ0n) is 11.4. The van der Waals surface area contributed by atoms with E-state index in [-0.39, 0.29) is 9.92 Å². The first kappa shape index (κ1) is 16.8. The lowest BCUT2D eigenvalue weighted by Gasteiger charge is -2.22. The Bertz CT molecular complexity index is 700. The molecule has 3 nitrogen and oxygen atoms in total. The predicted molar refractivity (Wildman–Crippen MR) is 88.7 cm³/mol. The molecule has 2 aromatic rings. The molecule has 0 spiro atoms. The van der Waals surface area contributed by atoms with Gasteiger partial charge < -0.3 is 0 Å². The monoisotopic (exact) mass is 363 g/mol. The normalized spacial score (nSPS) is 12.0. The second kappa shape index (κ2) is 7.11. The topological polar surface area (TPSA) is 37.4 Å². The summed E-state index contributed by atoms with van der Waals surface area (Å²) < 4.78 is 27.1. The van der Waals surface area contributed by atoms with Gasteiger partial charge in [-0.05, 0) is 47.0 Å². The van der Waals surface area contributed by atoms with Crippen LogP contribution in [0.25, 0.3) is 0 Å². The van der Waals surface area contributed by atoms with E-state index >= 15 is 0 Å². The van der Waals surface area contributed by atoms with Gasteiger partial charge in [-0.1, -0.05) is 30.1 Å². The standard InChI is InChI=1S/C14H15Cl2NO2S2/c1-2-6-17(9-11-5-7-20-10-11)21(18,19)14-8-12(15)3-4-13(14)16/h3-5,7-8,10H,2,6,9H2,1H3. The third-order valence-corrected chi connectivity index (χ3v) is 6.22. The van der Waals surface area contributed by atoms with E-state index in [9.17, 15) is 8.42 Å². The SMILES string of the molecule is CCCN(Cc1ccsc1)S(=O)(=O)c1cc(Cl)ccc1Cl. The van der Waals surface area contributed by atoms with Crippen molar-refractivity contribution in [3.63, 3.8) is 0 Å². The first-order chi connectivity index (χ1) is 9.95. The lowest BCUT2D eigenvalue weighted by Crippen LogP contribution is -2.31. The van der Waals surface area contributed by atoms with Gasteiger partial charge in [-0.25, -0.2) is 8.42 Å². The minimum atomic E-state index is -3.67. The molecule has 1 heterocycles. The molecule has 0 bridgehead atoms. The van der Waals surface area contributed by atoms with Gasteiger partial charge in [0.2, 0.25) is 10.0 Å². The minimum Gasteiger partial charge on any atom is -0.207 e. The van der Waals surface area contributed by atoms with Crippen molar-refractivity contribution in [1.82, 2.24) is 4.31 Å². The summed E-state index contributed by atoms with van der Waals surface area (Å²) in [7, 11) is -3.67. The number of hydrogen-bond acceptors (Lipinski definition) is 3. The highest BCUT2D eigenvalue weighted by atomic mass is 35.5. The Balaban J connectivity index is 2.39. The van der Waals surface area contributed by atoms with Crippen molar-refractivity contribution >= 4 is 44.6 Å². The molecule has 0 unspecified atom stereocenters. The molecule has 0 aliphatic rings. The molecule has 0 aliphatic carbocycles. The van der Waals surface area contributed by atoms with Crippen LogP contribution in [-0.4, -0.2) is 19.3 Å². The molecular formula is C14H15Cl2NO2S2. The van der Waals surface area contributed by atoms with Crippen LogP contribution in [0.15, 0.2) is 39.9 Å². The molecule has 0 aliphatic heterocycles. The van der Waals surface area contributed by atoms with Crippen molar-refractivity contribution < 1.29 is 8.42 Å². The van der Waals surface area contributed by atoms with Crippen molar-refractivity contribution in [1.29, 1.82) is 0 Å². The van der Waals surface area contributed by atoms with Gasteiger partial charge in [0.25, 0.3) is 0 Å². The lowest BCUT2D eigenvalue weighted by molar-refractivity contribution is 0.406. The molecular weight excluding hydrogens is 349 g/mol. The van der Waals surface area contributed by atoms with Crippen molar-refractivity contribution in [2.45, 2.75) is 24.8 Å². The highest BCUT2D eigenvalue weighted by Crippen LogP contribution is 2.28. The molecule has 0 atom stereocenters. The van der Waals surface area contributed by atoms with Gasteiger partial charge in [0, 0.05) is 18.1 Å². The van der Waals surface area contributed by atoms with Gasteiger partial charge in [-0.15, -0.1) is 0 Å². The average molecular weight is 364 g/mol. The molecule has 0 radical (unpaired) electrons. The minimum absolute atomic E-state index is 0.0559. The van der Waals surface area contributed by atoms with Crippen molar-refractivity contribution in [2.75, 3.05) is 6.54 Å². The fourth-order valence-electron chi connectivity index (χ4n) is 1.93. The number of hydrogen-bond donors (Lipinski definition) is 0. The molecule has 0 N–H and O–H groups in total. The van der Waals surface area contributed by atoms with E-state index in [1.165, 1.54) is 16.4 Å². The first-order valence-corrected chi connectivity index (χ1v) is 9.55. The van der Waals surface area contributed by atoms with E-state index in [4.69, 9.17) is 23.2 Å².